The predicted molar refractivity (Wildman–Crippen MR) is 90.6 cm³/mol. The van der Waals surface area contributed by atoms with Gasteiger partial charge in [-0.25, -0.2) is 4.98 Å². The van der Waals surface area contributed by atoms with Gasteiger partial charge in [0.2, 0.25) is 0 Å². The Bertz CT molecular complexity index is 886. The topological polar surface area (TPSA) is 64.9 Å². The number of para-hydroxylation sites is 1. The number of pyridine rings is 1. The van der Waals surface area contributed by atoms with Gasteiger partial charge in [-0.05, 0) is 25.1 Å². The van der Waals surface area contributed by atoms with E-state index >= 15 is 0 Å². The molecule has 2 heterocycles. The number of nitrogens with zero attached hydrogens (tertiary/aromatic N) is 2. The lowest BCUT2D eigenvalue weighted by atomic mass is 10.2. The Morgan fingerprint density at radius 3 is 2.58 bits per heavy atom. The number of rotatable bonds is 5. The molecule has 6 nitrogen and oxygen atoms in total. The first-order valence-electron chi connectivity index (χ1n) is 7.57. The number of ether oxygens (including phenoxy) is 2. The number of imidazole rings is 1. The van der Waals surface area contributed by atoms with E-state index < -0.39 is 0 Å². The van der Waals surface area contributed by atoms with Crippen molar-refractivity contribution >= 4 is 11.6 Å². The average Bonchev–Trinajstić information content (AvgIpc) is 2.95. The van der Waals surface area contributed by atoms with Gasteiger partial charge in [0.15, 0.2) is 11.4 Å². The maximum atomic E-state index is 12.7. The molecule has 0 spiro atoms. The summed E-state index contributed by atoms with van der Waals surface area (Å²) >= 11 is 0. The summed E-state index contributed by atoms with van der Waals surface area (Å²) in [5.74, 6) is 1.18. The van der Waals surface area contributed by atoms with E-state index in [9.17, 15) is 4.79 Å². The summed E-state index contributed by atoms with van der Waals surface area (Å²) in [6, 6.07) is 11.2. The van der Waals surface area contributed by atoms with Crippen LogP contribution in [0.5, 0.6) is 11.5 Å². The van der Waals surface area contributed by atoms with E-state index in [1.807, 2.05) is 43.3 Å². The molecule has 3 aromatic rings. The molecule has 0 radical (unpaired) electrons. The van der Waals surface area contributed by atoms with Crippen molar-refractivity contribution in [2.24, 2.45) is 0 Å². The summed E-state index contributed by atoms with van der Waals surface area (Å²) in [6.07, 6.45) is 1.80. The number of hydrogen-bond acceptors (Lipinski definition) is 4. The van der Waals surface area contributed by atoms with Crippen molar-refractivity contribution in [3.63, 3.8) is 0 Å². The number of hydrogen-bond donors (Lipinski definition) is 1. The molecular formula is C18H19N3O3. The highest BCUT2D eigenvalue weighted by Crippen LogP contribution is 2.22. The summed E-state index contributed by atoms with van der Waals surface area (Å²) < 4.78 is 12.4. The van der Waals surface area contributed by atoms with Crippen molar-refractivity contribution in [2.45, 2.75) is 13.5 Å². The van der Waals surface area contributed by atoms with Crippen LogP contribution >= 0.6 is 0 Å². The number of aromatic nitrogens is 2. The number of amides is 1. The second-order valence-corrected chi connectivity index (χ2v) is 5.31. The molecule has 0 aliphatic rings. The summed E-state index contributed by atoms with van der Waals surface area (Å²) in [5.41, 5.74) is 2.69. The SMILES string of the molecule is COc1ccccc1CNC(=O)c1c(C)nc2c(OC)cccn12. The molecule has 0 atom stereocenters. The zero-order valence-corrected chi connectivity index (χ0v) is 13.9. The molecular weight excluding hydrogens is 306 g/mol. The minimum Gasteiger partial charge on any atom is -0.496 e. The molecule has 124 valence electrons. The fourth-order valence-corrected chi connectivity index (χ4v) is 2.70. The first-order chi connectivity index (χ1) is 11.7. The van der Waals surface area contributed by atoms with E-state index in [0.717, 1.165) is 11.3 Å². The number of carbonyl (C=O) groups is 1. The van der Waals surface area contributed by atoms with Gasteiger partial charge < -0.3 is 14.8 Å². The highest BCUT2D eigenvalue weighted by Gasteiger charge is 2.18. The number of fused-ring (bicyclic) bond motifs is 1. The third kappa shape index (κ3) is 2.78. The van der Waals surface area contributed by atoms with Crippen LogP contribution in [0, 0.1) is 6.92 Å². The molecule has 24 heavy (non-hydrogen) atoms. The number of benzene rings is 1. The van der Waals surface area contributed by atoms with E-state index in [1.54, 1.807) is 24.8 Å². The summed E-state index contributed by atoms with van der Waals surface area (Å²) in [6.45, 7) is 2.18. The molecule has 0 saturated carbocycles. The Labute approximate surface area is 140 Å². The van der Waals surface area contributed by atoms with Gasteiger partial charge >= 0.3 is 0 Å². The summed E-state index contributed by atoms with van der Waals surface area (Å²) in [4.78, 5) is 17.1. The minimum absolute atomic E-state index is 0.195. The first-order valence-corrected chi connectivity index (χ1v) is 7.57. The highest BCUT2D eigenvalue weighted by molar-refractivity contribution is 5.95. The zero-order valence-electron chi connectivity index (χ0n) is 13.9. The van der Waals surface area contributed by atoms with Crippen molar-refractivity contribution in [2.75, 3.05) is 14.2 Å². The van der Waals surface area contributed by atoms with Crippen molar-refractivity contribution in [3.05, 3.63) is 59.5 Å². The largest absolute Gasteiger partial charge is 0.496 e. The smallest absolute Gasteiger partial charge is 0.270 e. The fraction of sp³-hybridized carbons (Fsp3) is 0.222. The average molecular weight is 325 g/mol. The van der Waals surface area contributed by atoms with Gasteiger partial charge in [0, 0.05) is 18.3 Å². The lowest BCUT2D eigenvalue weighted by molar-refractivity contribution is 0.0944. The maximum absolute atomic E-state index is 12.7. The molecule has 6 heteroatoms. The van der Waals surface area contributed by atoms with Crippen molar-refractivity contribution < 1.29 is 14.3 Å². The molecule has 1 N–H and O–H groups in total. The Morgan fingerprint density at radius 2 is 1.83 bits per heavy atom. The van der Waals surface area contributed by atoms with Crippen LogP contribution in [0.3, 0.4) is 0 Å². The maximum Gasteiger partial charge on any atom is 0.270 e. The van der Waals surface area contributed by atoms with Gasteiger partial charge in [-0.1, -0.05) is 18.2 Å². The Balaban J connectivity index is 1.88. The van der Waals surface area contributed by atoms with Gasteiger partial charge in [-0.3, -0.25) is 9.20 Å². The number of carbonyl (C=O) groups excluding carboxylic acids is 1. The molecule has 2 aromatic heterocycles. The van der Waals surface area contributed by atoms with Crippen LogP contribution in [0.1, 0.15) is 21.7 Å². The van der Waals surface area contributed by atoms with Gasteiger partial charge in [0.05, 0.1) is 19.9 Å². The van der Waals surface area contributed by atoms with Crippen molar-refractivity contribution in [3.8, 4) is 11.5 Å². The van der Waals surface area contributed by atoms with E-state index in [2.05, 4.69) is 10.3 Å². The quantitative estimate of drug-likeness (QED) is 0.783. The normalized spacial score (nSPS) is 10.6. The van der Waals surface area contributed by atoms with Crippen molar-refractivity contribution in [1.82, 2.24) is 14.7 Å². The second kappa shape index (κ2) is 6.62. The monoisotopic (exact) mass is 325 g/mol. The predicted octanol–water partition coefficient (Wildman–Crippen LogP) is 2.59. The number of nitrogens with one attached hydrogen (secondary N) is 1. The third-order valence-corrected chi connectivity index (χ3v) is 3.86. The van der Waals surface area contributed by atoms with Crippen LogP contribution in [0.2, 0.25) is 0 Å². The standard InChI is InChI=1S/C18H19N3O3/c1-12-16(21-10-6-9-15(24-3)17(21)20-12)18(22)19-11-13-7-4-5-8-14(13)23-2/h4-10H,11H2,1-3H3,(H,19,22). The number of methoxy groups -OCH3 is 2. The molecule has 0 bridgehead atoms. The van der Waals surface area contributed by atoms with Crippen LogP contribution in [-0.4, -0.2) is 29.5 Å². The van der Waals surface area contributed by atoms with E-state index in [4.69, 9.17) is 9.47 Å². The molecule has 0 unspecified atom stereocenters. The lowest BCUT2D eigenvalue weighted by Gasteiger charge is -2.10. The first kappa shape index (κ1) is 15.9. The van der Waals surface area contributed by atoms with Gasteiger partial charge in [-0.15, -0.1) is 0 Å². The fourth-order valence-electron chi connectivity index (χ4n) is 2.70. The van der Waals surface area contributed by atoms with Gasteiger partial charge in [0.1, 0.15) is 11.4 Å². The number of aryl methyl sites for hydroxylation is 1. The van der Waals surface area contributed by atoms with Crippen LogP contribution < -0.4 is 14.8 Å². The molecule has 0 aliphatic heterocycles. The molecule has 0 fully saturated rings. The van der Waals surface area contributed by atoms with Crippen LogP contribution in [0.4, 0.5) is 0 Å². The summed E-state index contributed by atoms with van der Waals surface area (Å²) in [5, 5.41) is 2.93. The Kier molecular flexibility index (Phi) is 4.37. The minimum atomic E-state index is -0.195. The van der Waals surface area contributed by atoms with Crippen molar-refractivity contribution in [1.29, 1.82) is 0 Å². The van der Waals surface area contributed by atoms with Crippen LogP contribution in [0.25, 0.3) is 5.65 Å². The van der Waals surface area contributed by atoms with Gasteiger partial charge in [-0.2, -0.15) is 0 Å². The van der Waals surface area contributed by atoms with Crippen LogP contribution in [0.15, 0.2) is 42.6 Å². The molecule has 1 aromatic carbocycles. The lowest BCUT2D eigenvalue weighted by Crippen LogP contribution is -2.25. The Hall–Kier alpha value is -3.02. The molecule has 3 rings (SSSR count). The molecule has 0 aliphatic carbocycles. The zero-order chi connectivity index (χ0) is 17.1. The van der Waals surface area contributed by atoms with E-state index in [1.165, 1.54) is 0 Å². The third-order valence-electron chi connectivity index (χ3n) is 3.86. The Morgan fingerprint density at radius 1 is 1.12 bits per heavy atom. The second-order valence-electron chi connectivity index (χ2n) is 5.31. The molecule has 0 saturated heterocycles. The highest BCUT2D eigenvalue weighted by atomic mass is 16.5. The van der Waals surface area contributed by atoms with E-state index in [0.29, 0.717) is 29.3 Å². The van der Waals surface area contributed by atoms with Crippen LogP contribution in [-0.2, 0) is 6.54 Å². The van der Waals surface area contributed by atoms with Gasteiger partial charge in [0.25, 0.3) is 5.91 Å². The summed E-state index contributed by atoms with van der Waals surface area (Å²) in [7, 11) is 3.20. The van der Waals surface area contributed by atoms with E-state index in [-0.39, 0.29) is 5.91 Å². The molecule has 1 amide bonds.